The highest BCUT2D eigenvalue weighted by molar-refractivity contribution is 7.97. The number of urea groups is 1. The second-order valence-corrected chi connectivity index (χ2v) is 5.01. The van der Waals surface area contributed by atoms with Crippen molar-refractivity contribution in [2.45, 2.75) is 6.92 Å². The Morgan fingerprint density at radius 2 is 2.14 bits per heavy atom. The Bertz CT molecular complexity index is 656. The minimum atomic E-state index is -0.400. The number of aryl methyl sites for hydroxylation is 1. The lowest BCUT2D eigenvalue weighted by Crippen LogP contribution is -2.26. The molecule has 0 saturated carbocycles. The molecule has 0 bridgehead atoms. The van der Waals surface area contributed by atoms with Crippen LogP contribution in [0.15, 0.2) is 35.4 Å². The Morgan fingerprint density at radius 3 is 2.81 bits per heavy atom. The number of amides is 2. The lowest BCUT2D eigenvalue weighted by atomic mass is 10.3. The summed E-state index contributed by atoms with van der Waals surface area (Å²) in [6, 6.07) is 9.15. The minimum Gasteiger partial charge on any atom is -0.281 e. The molecule has 1 aromatic heterocycles. The van der Waals surface area contributed by atoms with Crippen molar-refractivity contribution in [2.75, 3.05) is 6.26 Å². The monoisotopic (exact) mass is 323 g/mol. The second kappa shape index (κ2) is 7.14. The van der Waals surface area contributed by atoms with Crippen LogP contribution < -0.4 is 10.1 Å². The number of hydrogen-bond donors (Lipinski definition) is 2. The second-order valence-electron chi connectivity index (χ2n) is 4.04. The molecule has 0 aliphatic heterocycles. The Kier molecular flexibility index (Phi) is 5.24. The number of nitrogens with one attached hydrogen (secondary N) is 2. The third kappa shape index (κ3) is 3.77. The van der Waals surface area contributed by atoms with Gasteiger partial charge in [0.15, 0.2) is 0 Å². The molecule has 0 aliphatic rings. The van der Waals surface area contributed by atoms with E-state index in [1.807, 2.05) is 37.3 Å². The van der Waals surface area contributed by atoms with E-state index in [0.717, 1.165) is 11.4 Å². The third-order valence-corrected chi connectivity index (χ3v) is 3.36. The van der Waals surface area contributed by atoms with Crippen molar-refractivity contribution in [3.05, 3.63) is 46.7 Å². The zero-order valence-electron chi connectivity index (χ0n) is 11.5. The van der Waals surface area contributed by atoms with Crippen LogP contribution in [-0.2, 0) is 0 Å². The van der Waals surface area contributed by atoms with Gasteiger partial charge in [0.25, 0.3) is 0 Å². The molecule has 1 heterocycles. The molecule has 0 saturated heterocycles. The van der Waals surface area contributed by atoms with Crippen LogP contribution in [0, 0.1) is 6.92 Å². The van der Waals surface area contributed by atoms with Gasteiger partial charge in [0.05, 0.1) is 23.2 Å². The van der Waals surface area contributed by atoms with E-state index in [4.69, 9.17) is 11.6 Å². The standard InChI is InChI=1S/C13H14ClN5OS/c1-9-11(8-15-16-13(20)18-21-2)12(14)19(17-9)10-6-4-3-5-7-10/h3-8H,1-2H3,(H2,16,18,20)/b15-8+. The molecule has 8 heteroatoms. The van der Waals surface area contributed by atoms with E-state index in [0.29, 0.717) is 10.7 Å². The van der Waals surface area contributed by atoms with Gasteiger partial charge in [0, 0.05) is 6.26 Å². The first-order valence-corrected chi connectivity index (χ1v) is 7.66. The van der Waals surface area contributed by atoms with Gasteiger partial charge in [-0.3, -0.25) is 4.72 Å². The number of rotatable bonds is 4. The van der Waals surface area contributed by atoms with Crippen LogP contribution in [0.25, 0.3) is 5.69 Å². The highest BCUT2D eigenvalue weighted by Crippen LogP contribution is 2.21. The van der Waals surface area contributed by atoms with E-state index in [1.165, 1.54) is 18.2 Å². The van der Waals surface area contributed by atoms with Crippen LogP contribution >= 0.6 is 23.5 Å². The fourth-order valence-electron chi connectivity index (χ4n) is 1.67. The fraction of sp³-hybridized carbons (Fsp3) is 0.154. The predicted octanol–water partition coefficient (Wildman–Crippen LogP) is 2.75. The number of carbonyl (C=O) groups is 1. The van der Waals surface area contributed by atoms with Crippen LogP contribution in [0.4, 0.5) is 4.79 Å². The van der Waals surface area contributed by atoms with Crippen LogP contribution in [0.2, 0.25) is 5.15 Å². The van der Waals surface area contributed by atoms with E-state index in [-0.39, 0.29) is 0 Å². The van der Waals surface area contributed by atoms with Gasteiger partial charge in [-0.25, -0.2) is 14.9 Å². The molecule has 2 rings (SSSR count). The summed E-state index contributed by atoms with van der Waals surface area (Å²) in [6.07, 6.45) is 3.22. The van der Waals surface area contributed by atoms with Gasteiger partial charge in [-0.15, -0.1) is 0 Å². The number of halogens is 1. The van der Waals surface area contributed by atoms with Crippen LogP contribution in [0.5, 0.6) is 0 Å². The molecule has 6 nitrogen and oxygen atoms in total. The Hall–Kier alpha value is -1.99. The molecule has 0 unspecified atom stereocenters. The third-order valence-electron chi connectivity index (χ3n) is 2.60. The summed E-state index contributed by atoms with van der Waals surface area (Å²) in [6.45, 7) is 1.83. The molecule has 1 aromatic carbocycles. The van der Waals surface area contributed by atoms with E-state index in [1.54, 1.807) is 10.9 Å². The minimum absolute atomic E-state index is 0.400. The molecule has 21 heavy (non-hydrogen) atoms. The van der Waals surface area contributed by atoms with Gasteiger partial charge in [-0.2, -0.15) is 10.2 Å². The van der Waals surface area contributed by atoms with Gasteiger partial charge in [0.1, 0.15) is 5.15 Å². The molecule has 0 atom stereocenters. The molecule has 2 aromatic rings. The Labute approximate surface area is 131 Å². The zero-order valence-corrected chi connectivity index (χ0v) is 13.1. The summed E-state index contributed by atoms with van der Waals surface area (Å²) in [7, 11) is 0. The summed E-state index contributed by atoms with van der Waals surface area (Å²) in [5.74, 6) is 0. The molecular formula is C13H14ClN5OS. The fourth-order valence-corrected chi connectivity index (χ4v) is 2.22. The maximum atomic E-state index is 11.2. The molecule has 110 valence electrons. The normalized spacial score (nSPS) is 10.8. The number of aromatic nitrogens is 2. The lowest BCUT2D eigenvalue weighted by molar-refractivity contribution is 0.247. The maximum Gasteiger partial charge on any atom is 0.345 e. The van der Waals surface area contributed by atoms with Crippen LogP contribution in [0.1, 0.15) is 11.3 Å². The van der Waals surface area contributed by atoms with Crippen LogP contribution in [0.3, 0.4) is 0 Å². The molecule has 0 aliphatic carbocycles. The number of hydrazone groups is 1. The van der Waals surface area contributed by atoms with E-state index in [9.17, 15) is 4.79 Å². The molecule has 2 amide bonds. The van der Waals surface area contributed by atoms with Crippen molar-refractivity contribution < 1.29 is 4.79 Å². The number of nitrogens with zero attached hydrogens (tertiary/aromatic N) is 3. The smallest absolute Gasteiger partial charge is 0.281 e. The first-order chi connectivity index (χ1) is 10.1. The maximum absolute atomic E-state index is 11.2. The SMILES string of the molecule is CSNC(=O)N/N=C/c1c(C)nn(-c2ccccc2)c1Cl. The van der Waals surface area contributed by atoms with E-state index in [2.05, 4.69) is 20.3 Å². The van der Waals surface area contributed by atoms with Crippen molar-refractivity contribution in [1.82, 2.24) is 19.9 Å². The topological polar surface area (TPSA) is 71.3 Å². The number of carbonyl (C=O) groups excluding carboxylic acids is 1. The Morgan fingerprint density at radius 1 is 1.43 bits per heavy atom. The highest BCUT2D eigenvalue weighted by atomic mass is 35.5. The summed E-state index contributed by atoms with van der Waals surface area (Å²) < 4.78 is 4.12. The number of hydrogen-bond acceptors (Lipinski definition) is 4. The van der Waals surface area contributed by atoms with Gasteiger partial charge in [-0.05, 0) is 19.1 Å². The van der Waals surface area contributed by atoms with Gasteiger partial charge in [-0.1, -0.05) is 41.7 Å². The molecule has 0 spiro atoms. The van der Waals surface area contributed by atoms with Crippen molar-refractivity contribution in [3.8, 4) is 5.69 Å². The van der Waals surface area contributed by atoms with Crippen molar-refractivity contribution >= 4 is 35.8 Å². The summed E-state index contributed by atoms with van der Waals surface area (Å²) in [5, 5.41) is 8.67. The molecule has 0 radical (unpaired) electrons. The predicted molar refractivity (Wildman–Crippen MR) is 86.1 cm³/mol. The molecule has 2 N–H and O–H groups in total. The molecule has 0 fully saturated rings. The average Bonchev–Trinajstić information content (AvgIpc) is 2.76. The molecular weight excluding hydrogens is 310 g/mol. The van der Waals surface area contributed by atoms with Gasteiger partial charge >= 0.3 is 6.03 Å². The zero-order chi connectivity index (χ0) is 15.2. The van der Waals surface area contributed by atoms with Crippen molar-refractivity contribution in [2.24, 2.45) is 5.10 Å². The Balaban J connectivity index is 2.20. The van der Waals surface area contributed by atoms with Gasteiger partial charge < -0.3 is 0 Å². The lowest BCUT2D eigenvalue weighted by Gasteiger charge is -2.02. The highest BCUT2D eigenvalue weighted by Gasteiger charge is 2.12. The number of benzene rings is 1. The van der Waals surface area contributed by atoms with Crippen molar-refractivity contribution in [3.63, 3.8) is 0 Å². The quantitative estimate of drug-likeness (QED) is 0.516. The largest absolute Gasteiger partial charge is 0.345 e. The summed E-state index contributed by atoms with van der Waals surface area (Å²) in [5.41, 5.74) is 4.58. The first kappa shape index (κ1) is 15.4. The summed E-state index contributed by atoms with van der Waals surface area (Å²) >= 11 is 7.50. The summed E-state index contributed by atoms with van der Waals surface area (Å²) in [4.78, 5) is 11.2. The van der Waals surface area contributed by atoms with Crippen molar-refractivity contribution in [1.29, 1.82) is 0 Å². The first-order valence-electron chi connectivity index (χ1n) is 6.06. The van der Waals surface area contributed by atoms with Crippen LogP contribution in [-0.4, -0.2) is 28.3 Å². The van der Waals surface area contributed by atoms with Gasteiger partial charge in [0.2, 0.25) is 0 Å². The number of para-hydroxylation sites is 1. The van der Waals surface area contributed by atoms with E-state index < -0.39 is 6.03 Å². The van der Waals surface area contributed by atoms with E-state index >= 15 is 0 Å². The average molecular weight is 324 g/mol.